The van der Waals surface area contributed by atoms with Crippen molar-refractivity contribution in [3.8, 4) is 0 Å². The number of carbonyl (C=O) groups excluding carboxylic acids is 2. The Kier molecular flexibility index (Phi) is 5.09. The molecule has 25 heavy (non-hydrogen) atoms. The van der Waals surface area contributed by atoms with E-state index in [1.165, 1.54) is 5.56 Å². The maximum atomic E-state index is 12.4. The van der Waals surface area contributed by atoms with Crippen LogP contribution in [0.25, 0.3) is 0 Å². The van der Waals surface area contributed by atoms with Crippen LogP contribution in [0.1, 0.15) is 24.1 Å². The smallest absolute Gasteiger partial charge is 0.241 e. The molecule has 2 aromatic rings. The molecule has 2 aromatic carbocycles. The van der Waals surface area contributed by atoms with Gasteiger partial charge in [-0.1, -0.05) is 49.4 Å². The third kappa shape index (κ3) is 3.85. The standard InChI is InChI=1S/C19H19N3O2S/c1-2-12-8-10-13(11-9-12)16(20-14-6-4-3-5-7-14)15-17(23)21-19(25)22-18(15)24/h3-11,15-16,20H,2H2,1H3,(H2,21,22,23,24,25)/t16-/m0/s1. The lowest BCUT2D eigenvalue weighted by molar-refractivity contribution is -0.135. The van der Waals surface area contributed by atoms with E-state index in [4.69, 9.17) is 12.2 Å². The number of thiocarbonyl (C=S) groups is 1. The molecule has 0 radical (unpaired) electrons. The van der Waals surface area contributed by atoms with Gasteiger partial charge in [-0.25, -0.2) is 0 Å². The normalized spacial score (nSPS) is 16.1. The monoisotopic (exact) mass is 353 g/mol. The Hall–Kier alpha value is -2.73. The van der Waals surface area contributed by atoms with Crippen LogP contribution in [0.5, 0.6) is 0 Å². The van der Waals surface area contributed by atoms with Gasteiger partial charge in [-0.15, -0.1) is 0 Å². The summed E-state index contributed by atoms with van der Waals surface area (Å²) in [6.07, 6.45) is 0.926. The van der Waals surface area contributed by atoms with Crippen molar-refractivity contribution in [1.29, 1.82) is 0 Å². The first kappa shape index (κ1) is 17.1. The summed E-state index contributed by atoms with van der Waals surface area (Å²) in [7, 11) is 0. The second-order valence-electron chi connectivity index (χ2n) is 5.87. The summed E-state index contributed by atoms with van der Waals surface area (Å²) < 4.78 is 0. The minimum absolute atomic E-state index is 0.0473. The summed E-state index contributed by atoms with van der Waals surface area (Å²) in [5.41, 5.74) is 2.89. The Morgan fingerprint density at radius 3 is 2.16 bits per heavy atom. The summed E-state index contributed by atoms with van der Waals surface area (Å²) in [5.74, 6) is -1.72. The molecule has 3 rings (SSSR count). The highest BCUT2D eigenvalue weighted by Gasteiger charge is 2.39. The van der Waals surface area contributed by atoms with Crippen LogP contribution in [0.4, 0.5) is 5.69 Å². The van der Waals surface area contributed by atoms with Gasteiger partial charge in [0.05, 0.1) is 6.04 Å². The number of amides is 2. The molecule has 3 N–H and O–H groups in total. The van der Waals surface area contributed by atoms with Crippen molar-refractivity contribution in [2.24, 2.45) is 5.92 Å². The van der Waals surface area contributed by atoms with Crippen molar-refractivity contribution < 1.29 is 9.59 Å². The van der Waals surface area contributed by atoms with E-state index in [1.807, 2.05) is 54.6 Å². The Bertz CT molecular complexity index is 770. The molecule has 1 saturated heterocycles. The highest BCUT2D eigenvalue weighted by Crippen LogP contribution is 2.29. The van der Waals surface area contributed by atoms with Crippen LogP contribution in [-0.2, 0) is 16.0 Å². The summed E-state index contributed by atoms with van der Waals surface area (Å²) in [4.78, 5) is 24.9. The zero-order valence-corrected chi connectivity index (χ0v) is 14.6. The van der Waals surface area contributed by atoms with E-state index in [-0.39, 0.29) is 5.11 Å². The van der Waals surface area contributed by atoms with Gasteiger partial charge in [-0.3, -0.25) is 9.59 Å². The lowest BCUT2D eigenvalue weighted by Gasteiger charge is -2.31. The fourth-order valence-electron chi connectivity index (χ4n) is 2.87. The van der Waals surface area contributed by atoms with E-state index < -0.39 is 23.8 Å². The van der Waals surface area contributed by atoms with Gasteiger partial charge in [0.2, 0.25) is 11.8 Å². The average Bonchev–Trinajstić information content (AvgIpc) is 2.61. The summed E-state index contributed by atoms with van der Waals surface area (Å²) >= 11 is 4.89. The number of nitrogens with one attached hydrogen (secondary N) is 3. The molecular weight excluding hydrogens is 334 g/mol. The number of carbonyl (C=O) groups is 2. The molecule has 1 aliphatic rings. The second kappa shape index (κ2) is 7.44. The Balaban J connectivity index is 1.97. The predicted molar refractivity (Wildman–Crippen MR) is 101 cm³/mol. The van der Waals surface area contributed by atoms with Crippen molar-refractivity contribution in [1.82, 2.24) is 10.6 Å². The summed E-state index contributed by atoms with van der Waals surface area (Å²) in [6.45, 7) is 2.08. The van der Waals surface area contributed by atoms with E-state index in [0.717, 1.165) is 17.7 Å². The van der Waals surface area contributed by atoms with Crippen LogP contribution in [0.2, 0.25) is 0 Å². The highest BCUT2D eigenvalue weighted by atomic mass is 32.1. The van der Waals surface area contributed by atoms with Gasteiger partial charge in [-0.05, 0) is 41.9 Å². The predicted octanol–water partition coefficient (Wildman–Crippen LogP) is 2.55. The molecule has 1 aliphatic heterocycles. The Morgan fingerprint density at radius 2 is 1.60 bits per heavy atom. The largest absolute Gasteiger partial charge is 0.377 e. The molecule has 0 aromatic heterocycles. The number of rotatable bonds is 5. The molecule has 1 atom stereocenters. The highest BCUT2D eigenvalue weighted by molar-refractivity contribution is 7.80. The number of hydrogen-bond acceptors (Lipinski definition) is 4. The average molecular weight is 353 g/mol. The van der Waals surface area contributed by atoms with Crippen molar-refractivity contribution >= 4 is 34.8 Å². The third-order valence-corrected chi connectivity index (χ3v) is 4.42. The topological polar surface area (TPSA) is 70.2 Å². The first-order chi connectivity index (χ1) is 12.1. The first-order valence-corrected chi connectivity index (χ1v) is 8.55. The van der Waals surface area contributed by atoms with E-state index in [9.17, 15) is 9.59 Å². The number of benzene rings is 2. The molecule has 1 heterocycles. The number of aryl methyl sites for hydroxylation is 1. The molecule has 0 bridgehead atoms. The fourth-order valence-corrected chi connectivity index (χ4v) is 3.07. The third-order valence-electron chi connectivity index (χ3n) is 4.21. The molecule has 0 saturated carbocycles. The van der Waals surface area contributed by atoms with Gasteiger partial charge in [0, 0.05) is 5.69 Å². The zero-order chi connectivity index (χ0) is 17.8. The van der Waals surface area contributed by atoms with E-state index in [0.29, 0.717) is 0 Å². The molecule has 1 fully saturated rings. The van der Waals surface area contributed by atoms with E-state index in [2.05, 4.69) is 22.9 Å². The van der Waals surface area contributed by atoms with E-state index >= 15 is 0 Å². The van der Waals surface area contributed by atoms with Gasteiger partial charge < -0.3 is 16.0 Å². The lowest BCUT2D eigenvalue weighted by atomic mass is 9.89. The fraction of sp³-hybridized carbons (Fsp3) is 0.211. The van der Waals surface area contributed by atoms with Crippen molar-refractivity contribution in [2.45, 2.75) is 19.4 Å². The maximum Gasteiger partial charge on any atom is 0.241 e. The molecule has 2 amide bonds. The number of hydrogen-bond donors (Lipinski definition) is 3. The van der Waals surface area contributed by atoms with E-state index in [1.54, 1.807) is 0 Å². The summed E-state index contributed by atoms with van der Waals surface area (Å²) in [6, 6.07) is 16.9. The van der Waals surface area contributed by atoms with Crippen molar-refractivity contribution in [3.63, 3.8) is 0 Å². The van der Waals surface area contributed by atoms with Gasteiger partial charge >= 0.3 is 0 Å². The second-order valence-corrected chi connectivity index (χ2v) is 6.28. The van der Waals surface area contributed by atoms with Gasteiger partial charge in [0.15, 0.2) is 5.11 Å². The number of anilines is 1. The van der Waals surface area contributed by atoms with Crippen LogP contribution in [0.15, 0.2) is 54.6 Å². The molecule has 0 aliphatic carbocycles. The van der Waals surface area contributed by atoms with Crippen LogP contribution in [-0.4, -0.2) is 16.9 Å². The van der Waals surface area contributed by atoms with Crippen molar-refractivity contribution in [3.05, 3.63) is 65.7 Å². The molecule has 128 valence electrons. The Morgan fingerprint density at radius 1 is 1.00 bits per heavy atom. The maximum absolute atomic E-state index is 12.4. The van der Waals surface area contributed by atoms with Crippen LogP contribution < -0.4 is 16.0 Å². The molecular formula is C19H19N3O2S. The minimum Gasteiger partial charge on any atom is -0.377 e. The minimum atomic E-state index is -0.917. The van der Waals surface area contributed by atoms with Crippen LogP contribution in [0, 0.1) is 5.92 Å². The molecule has 0 unspecified atom stereocenters. The first-order valence-electron chi connectivity index (χ1n) is 8.14. The SMILES string of the molecule is CCc1ccc([C@H](Nc2ccccc2)C2C(=O)NC(=S)NC2=O)cc1. The lowest BCUT2D eigenvalue weighted by Crippen LogP contribution is -2.57. The van der Waals surface area contributed by atoms with Crippen molar-refractivity contribution in [2.75, 3.05) is 5.32 Å². The van der Waals surface area contributed by atoms with Gasteiger partial charge in [0.1, 0.15) is 5.92 Å². The summed E-state index contributed by atoms with van der Waals surface area (Å²) in [5, 5.41) is 8.44. The van der Waals surface area contributed by atoms with Crippen LogP contribution in [0.3, 0.4) is 0 Å². The van der Waals surface area contributed by atoms with Crippen LogP contribution >= 0.6 is 12.2 Å². The number of para-hydroxylation sites is 1. The Labute approximate surface area is 151 Å². The van der Waals surface area contributed by atoms with Gasteiger partial charge in [-0.2, -0.15) is 0 Å². The quantitative estimate of drug-likeness (QED) is 0.571. The van der Waals surface area contributed by atoms with Gasteiger partial charge in [0.25, 0.3) is 0 Å². The zero-order valence-electron chi connectivity index (χ0n) is 13.8. The molecule has 5 nitrogen and oxygen atoms in total. The molecule has 6 heteroatoms. The molecule has 0 spiro atoms.